The van der Waals surface area contributed by atoms with Crippen LogP contribution in [0.3, 0.4) is 0 Å². The lowest BCUT2D eigenvalue weighted by atomic mass is 10.2. The molecule has 18 heavy (non-hydrogen) atoms. The number of anilines is 1. The maximum atomic E-state index is 13.0. The van der Waals surface area contributed by atoms with Crippen LogP contribution >= 0.6 is 27.5 Å². The largest absolute Gasteiger partial charge is 0.322 e. The fourth-order valence-electron chi connectivity index (χ4n) is 1.44. The minimum atomic E-state index is -0.409. The number of nitrogens with one attached hydrogen (secondary N) is 1. The molecule has 92 valence electrons. The van der Waals surface area contributed by atoms with E-state index in [9.17, 15) is 9.18 Å². The van der Waals surface area contributed by atoms with Crippen molar-refractivity contribution in [2.45, 2.75) is 0 Å². The second-order valence-corrected chi connectivity index (χ2v) is 4.91. The lowest BCUT2D eigenvalue weighted by molar-refractivity contribution is 0.102. The van der Waals surface area contributed by atoms with Gasteiger partial charge in [0.1, 0.15) is 5.82 Å². The molecule has 2 nitrogen and oxygen atoms in total. The first-order chi connectivity index (χ1) is 8.56. The van der Waals surface area contributed by atoms with Crippen LogP contribution in [0, 0.1) is 5.82 Å². The van der Waals surface area contributed by atoms with Crippen LogP contribution in [-0.2, 0) is 0 Å². The lowest BCUT2D eigenvalue weighted by Crippen LogP contribution is -2.12. The first-order valence-electron chi connectivity index (χ1n) is 5.08. The summed E-state index contributed by atoms with van der Waals surface area (Å²) in [7, 11) is 0. The molecular weight excluding hydrogens is 321 g/mol. The standard InChI is InChI=1S/C13H8BrClFNO/c14-8-4-5-12(15)11(6-8)13(18)17-10-3-1-2-9(16)7-10/h1-7H,(H,17,18). The molecule has 0 heterocycles. The molecule has 0 unspecified atom stereocenters. The van der Waals surface area contributed by atoms with Gasteiger partial charge in [-0.3, -0.25) is 4.79 Å². The summed E-state index contributed by atoms with van der Waals surface area (Å²) in [6.07, 6.45) is 0. The number of carbonyl (C=O) groups is 1. The molecule has 0 saturated heterocycles. The maximum Gasteiger partial charge on any atom is 0.257 e. The topological polar surface area (TPSA) is 29.1 Å². The van der Waals surface area contributed by atoms with Gasteiger partial charge in [-0.2, -0.15) is 0 Å². The molecule has 1 amide bonds. The number of benzene rings is 2. The highest BCUT2D eigenvalue weighted by molar-refractivity contribution is 9.10. The number of hydrogen-bond donors (Lipinski definition) is 1. The van der Waals surface area contributed by atoms with Crippen molar-refractivity contribution in [1.82, 2.24) is 0 Å². The molecule has 0 aliphatic carbocycles. The summed E-state index contributed by atoms with van der Waals surface area (Å²) >= 11 is 9.20. The van der Waals surface area contributed by atoms with Crippen LogP contribution in [0.25, 0.3) is 0 Å². The SMILES string of the molecule is O=C(Nc1cccc(F)c1)c1cc(Br)ccc1Cl. The number of amides is 1. The summed E-state index contributed by atoms with van der Waals surface area (Å²) in [5, 5.41) is 2.92. The van der Waals surface area contributed by atoms with E-state index in [2.05, 4.69) is 21.2 Å². The predicted molar refractivity (Wildman–Crippen MR) is 73.5 cm³/mol. The van der Waals surface area contributed by atoms with Crippen LogP contribution in [0.1, 0.15) is 10.4 Å². The molecule has 1 N–H and O–H groups in total. The van der Waals surface area contributed by atoms with E-state index in [1.165, 1.54) is 18.2 Å². The van der Waals surface area contributed by atoms with Gasteiger partial charge in [-0.05, 0) is 36.4 Å². The third kappa shape index (κ3) is 3.09. The van der Waals surface area contributed by atoms with Gasteiger partial charge in [0.25, 0.3) is 5.91 Å². The fourth-order valence-corrected chi connectivity index (χ4v) is 2.00. The van der Waals surface area contributed by atoms with E-state index in [4.69, 9.17) is 11.6 Å². The van der Waals surface area contributed by atoms with Crippen LogP contribution in [-0.4, -0.2) is 5.91 Å². The average molecular weight is 329 g/mol. The van der Waals surface area contributed by atoms with Crippen LogP contribution < -0.4 is 5.32 Å². The van der Waals surface area contributed by atoms with Crippen molar-refractivity contribution in [1.29, 1.82) is 0 Å². The maximum absolute atomic E-state index is 13.0. The van der Waals surface area contributed by atoms with Crippen LogP contribution in [0.2, 0.25) is 5.02 Å². The molecule has 2 aromatic carbocycles. The van der Waals surface area contributed by atoms with Gasteiger partial charge in [0, 0.05) is 10.2 Å². The number of carbonyl (C=O) groups excluding carboxylic acids is 1. The molecule has 5 heteroatoms. The zero-order valence-corrected chi connectivity index (χ0v) is 11.4. The fraction of sp³-hybridized carbons (Fsp3) is 0. The van der Waals surface area contributed by atoms with E-state index in [1.807, 2.05) is 0 Å². The minimum Gasteiger partial charge on any atom is -0.322 e. The summed E-state index contributed by atoms with van der Waals surface area (Å²) < 4.78 is 13.7. The van der Waals surface area contributed by atoms with Crippen molar-refractivity contribution >= 4 is 39.1 Å². The monoisotopic (exact) mass is 327 g/mol. The van der Waals surface area contributed by atoms with Gasteiger partial charge in [0.05, 0.1) is 10.6 Å². The zero-order valence-electron chi connectivity index (χ0n) is 9.08. The summed E-state index contributed by atoms with van der Waals surface area (Å²) in [6, 6.07) is 10.6. The lowest BCUT2D eigenvalue weighted by Gasteiger charge is -2.07. The quantitative estimate of drug-likeness (QED) is 0.864. The van der Waals surface area contributed by atoms with Crippen molar-refractivity contribution in [2.24, 2.45) is 0 Å². The van der Waals surface area contributed by atoms with Gasteiger partial charge in [0.2, 0.25) is 0 Å². The summed E-state index contributed by atoms with van der Waals surface area (Å²) in [6.45, 7) is 0. The summed E-state index contributed by atoms with van der Waals surface area (Å²) in [4.78, 5) is 12.0. The Morgan fingerprint density at radius 3 is 2.72 bits per heavy atom. The molecule has 0 saturated carbocycles. The number of hydrogen-bond acceptors (Lipinski definition) is 1. The van der Waals surface area contributed by atoms with Crippen LogP contribution in [0.4, 0.5) is 10.1 Å². The Morgan fingerprint density at radius 1 is 1.22 bits per heavy atom. The van der Waals surface area contributed by atoms with Crippen LogP contribution in [0.5, 0.6) is 0 Å². The number of rotatable bonds is 2. The van der Waals surface area contributed by atoms with Crippen molar-refractivity contribution in [3.05, 3.63) is 63.3 Å². The first kappa shape index (κ1) is 13.1. The van der Waals surface area contributed by atoms with E-state index in [-0.39, 0.29) is 5.91 Å². The second-order valence-electron chi connectivity index (χ2n) is 3.59. The van der Waals surface area contributed by atoms with Crippen molar-refractivity contribution in [2.75, 3.05) is 5.32 Å². The highest BCUT2D eigenvalue weighted by Gasteiger charge is 2.11. The van der Waals surface area contributed by atoms with Crippen LogP contribution in [0.15, 0.2) is 46.9 Å². The highest BCUT2D eigenvalue weighted by atomic mass is 79.9. The summed E-state index contributed by atoms with van der Waals surface area (Å²) in [5.74, 6) is -0.792. The molecule has 0 aliphatic heterocycles. The molecule has 0 bridgehead atoms. The van der Waals surface area contributed by atoms with Crippen molar-refractivity contribution in [3.63, 3.8) is 0 Å². The molecule has 0 fully saturated rings. The minimum absolute atomic E-state index is 0.329. The van der Waals surface area contributed by atoms with Crippen molar-refractivity contribution in [3.8, 4) is 0 Å². The molecule has 0 atom stereocenters. The van der Waals surface area contributed by atoms with Gasteiger partial charge in [0.15, 0.2) is 0 Å². The van der Waals surface area contributed by atoms with E-state index in [0.717, 1.165) is 4.47 Å². The molecule has 0 radical (unpaired) electrons. The Morgan fingerprint density at radius 2 is 2.00 bits per heavy atom. The molecule has 0 spiro atoms. The molecule has 2 rings (SSSR count). The van der Waals surface area contributed by atoms with Crippen molar-refractivity contribution < 1.29 is 9.18 Å². The van der Waals surface area contributed by atoms with Gasteiger partial charge in [-0.1, -0.05) is 33.6 Å². The molecule has 0 aliphatic rings. The molecule has 0 aromatic heterocycles. The smallest absolute Gasteiger partial charge is 0.257 e. The van der Waals surface area contributed by atoms with E-state index in [1.54, 1.807) is 24.3 Å². The Bertz CT molecular complexity index is 603. The summed E-state index contributed by atoms with van der Waals surface area (Å²) in [5.41, 5.74) is 0.714. The van der Waals surface area contributed by atoms with E-state index >= 15 is 0 Å². The zero-order chi connectivity index (χ0) is 13.1. The van der Waals surface area contributed by atoms with Gasteiger partial charge in [-0.15, -0.1) is 0 Å². The van der Waals surface area contributed by atoms with E-state index < -0.39 is 5.82 Å². The van der Waals surface area contributed by atoms with Gasteiger partial charge in [-0.25, -0.2) is 4.39 Å². The third-order valence-corrected chi connectivity index (χ3v) is 3.08. The van der Waals surface area contributed by atoms with Gasteiger partial charge >= 0.3 is 0 Å². The second kappa shape index (κ2) is 5.50. The Hall–Kier alpha value is -1.39. The third-order valence-electron chi connectivity index (χ3n) is 2.26. The Kier molecular flexibility index (Phi) is 3.99. The normalized spacial score (nSPS) is 10.2. The molecular formula is C13H8BrClFNO. The first-order valence-corrected chi connectivity index (χ1v) is 6.25. The van der Waals surface area contributed by atoms with Gasteiger partial charge < -0.3 is 5.32 Å². The van der Waals surface area contributed by atoms with E-state index in [0.29, 0.717) is 16.3 Å². The Balaban J connectivity index is 2.24. The molecule has 2 aromatic rings. The highest BCUT2D eigenvalue weighted by Crippen LogP contribution is 2.22. The average Bonchev–Trinajstić information content (AvgIpc) is 2.32. The number of halogens is 3. The predicted octanol–water partition coefficient (Wildman–Crippen LogP) is 4.49. The Labute approximate surface area is 117 Å².